The lowest BCUT2D eigenvalue weighted by Crippen LogP contribution is -2.18. The third-order valence-corrected chi connectivity index (χ3v) is 4.70. The molecule has 0 amide bonds. The highest BCUT2D eigenvalue weighted by atomic mass is 16.5. The maximum atomic E-state index is 12.5. The fraction of sp³-hybridized carbons (Fsp3) is 0.273. The molecule has 132 valence electrons. The molecule has 1 aromatic heterocycles. The number of nitrogens with zero attached hydrogens (tertiary/aromatic N) is 1. The first-order chi connectivity index (χ1) is 12.8. The quantitative estimate of drug-likeness (QED) is 0.661. The van der Waals surface area contributed by atoms with E-state index in [1.165, 1.54) is 0 Å². The van der Waals surface area contributed by atoms with Gasteiger partial charge in [0, 0.05) is 18.4 Å². The Balaban J connectivity index is 1.50. The number of pyridine rings is 1. The average molecular weight is 346 g/mol. The number of ketones is 1. The molecule has 26 heavy (non-hydrogen) atoms. The molecule has 2 aromatic carbocycles. The fourth-order valence-corrected chi connectivity index (χ4v) is 3.46. The van der Waals surface area contributed by atoms with Gasteiger partial charge < -0.3 is 10.1 Å². The topological polar surface area (TPSA) is 51.2 Å². The van der Waals surface area contributed by atoms with Crippen LogP contribution >= 0.6 is 0 Å². The van der Waals surface area contributed by atoms with Gasteiger partial charge >= 0.3 is 0 Å². The number of carbonyl (C=O) groups is 1. The molecule has 0 atom stereocenters. The Kier molecular flexibility index (Phi) is 4.82. The van der Waals surface area contributed by atoms with Crippen molar-refractivity contribution in [2.24, 2.45) is 0 Å². The van der Waals surface area contributed by atoms with Crippen LogP contribution in [-0.2, 0) is 6.42 Å². The van der Waals surface area contributed by atoms with Crippen LogP contribution in [-0.4, -0.2) is 23.9 Å². The Morgan fingerprint density at radius 3 is 2.69 bits per heavy atom. The van der Waals surface area contributed by atoms with Crippen molar-refractivity contribution >= 4 is 22.4 Å². The fourth-order valence-electron chi connectivity index (χ4n) is 3.46. The van der Waals surface area contributed by atoms with Crippen LogP contribution in [0.1, 0.15) is 35.3 Å². The number of fused-ring (bicyclic) bond motifs is 2. The molecule has 0 fully saturated rings. The molecule has 1 heterocycles. The first-order valence-corrected chi connectivity index (χ1v) is 9.19. The van der Waals surface area contributed by atoms with Gasteiger partial charge in [0.15, 0.2) is 5.78 Å². The van der Waals surface area contributed by atoms with Crippen LogP contribution in [0.3, 0.4) is 0 Å². The van der Waals surface area contributed by atoms with Crippen LogP contribution in [0.4, 0.5) is 5.69 Å². The molecule has 0 unspecified atom stereocenters. The Hall–Kier alpha value is -2.88. The molecule has 1 aliphatic rings. The highest BCUT2D eigenvalue weighted by molar-refractivity contribution is 6.09. The third kappa shape index (κ3) is 3.40. The minimum absolute atomic E-state index is 0.201. The van der Waals surface area contributed by atoms with Gasteiger partial charge in [-0.1, -0.05) is 36.4 Å². The molecule has 4 rings (SSSR count). The molecule has 1 N–H and O–H groups in total. The van der Waals surface area contributed by atoms with Crippen molar-refractivity contribution in [1.29, 1.82) is 0 Å². The molecule has 0 aliphatic heterocycles. The molecule has 0 bridgehead atoms. The van der Waals surface area contributed by atoms with Gasteiger partial charge in [0.1, 0.15) is 5.75 Å². The summed E-state index contributed by atoms with van der Waals surface area (Å²) in [7, 11) is 0. The number of carbonyl (C=O) groups excluding carboxylic acids is 1. The SMILES string of the molecule is O=C1CCCc2nc3ccccc3c(NCCCOc3ccccc3)c21. The number of benzene rings is 2. The number of anilines is 1. The Morgan fingerprint density at radius 1 is 1.00 bits per heavy atom. The van der Waals surface area contributed by atoms with Crippen LogP contribution < -0.4 is 10.1 Å². The molecule has 0 saturated heterocycles. The summed E-state index contributed by atoms with van der Waals surface area (Å²) in [6.45, 7) is 1.39. The van der Waals surface area contributed by atoms with Crippen LogP contribution in [0.5, 0.6) is 5.75 Å². The van der Waals surface area contributed by atoms with Crippen molar-refractivity contribution in [3.8, 4) is 5.75 Å². The standard InChI is InChI=1S/C22H22N2O2/c25-20-13-6-12-19-21(20)22(17-10-4-5-11-18(17)24-19)23-14-7-15-26-16-8-2-1-3-9-16/h1-5,8-11H,6-7,12-15H2,(H,23,24). The highest BCUT2D eigenvalue weighted by Crippen LogP contribution is 2.33. The maximum Gasteiger partial charge on any atom is 0.166 e. The number of hydrogen-bond acceptors (Lipinski definition) is 4. The molecule has 3 aromatic rings. The van der Waals surface area contributed by atoms with Gasteiger partial charge in [0.05, 0.1) is 29.1 Å². The second-order valence-electron chi connectivity index (χ2n) is 6.54. The Morgan fingerprint density at radius 2 is 1.81 bits per heavy atom. The van der Waals surface area contributed by atoms with E-state index in [4.69, 9.17) is 9.72 Å². The van der Waals surface area contributed by atoms with Crippen molar-refractivity contribution in [3.05, 3.63) is 65.9 Å². The summed E-state index contributed by atoms with van der Waals surface area (Å²) in [5, 5.41) is 4.51. The van der Waals surface area contributed by atoms with Crippen molar-refractivity contribution in [3.63, 3.8) is 0 Å². The van der Waals surface area contributed by atoms with Gasteiger partial charge in [-0.15, -0.1) is 0 Å². The van der Waals surface area contributed by atoms with Crippen LogP contribution in [0.25, 0.3) is 10.9 Å². The van der Waals surface area contributed by atoms with Crippen LogP contribution in [0.15, 0.2) is 54.6 Å². The smallest absolute Gasteiger partial charge is 0.166 e. The number of aryl methyl sites for hydroxylation is 1. The first-order valence-electron chi connectivity index (χ1n) is 9.19. The highest BCUT2D eigenvalue weighted by Gasteiger charge is 2.24. The van der Waals surface area contributed by atoms with Crippen LogP contribution in [0.2, 0.25) is 0 Å². The minimum atomic E-state index is 0.201. The van der Waals surface area contributed by atoms with Gasteiger partial charge in [0.25, 0.3) is 0 Å². The number of hydrogen-bond donors (Lipinski definition) is 1. The van der Waals surface area contributed by atoms with E-state index in [1.54, 1.807) is 0 Å². The molecule has 1 aliphatic carbocycles. The Bertz CT molecular complexity index is 922. The van der Waals surface area contributed by atoms with Gasteiger partial charge in [0.2, 0.25) is 0 Å². The zero-order valence-electron chi connectivity index (χ0n) is 14.7. The normalized spacial score (nSPS) is 13.5. The number of Topliss-reactive ketones (excluding diaryl/α,β-unsaturated/α-hetero) is 1. The van der Waals surface area contributed by atoms with Crippen molar-refractivity contribution in [2.45, 2.75) is 25.7 Å². The lowest BCUT2D eigenvalue weighted by molar-refractivity contribution is 0.0972. The number of ether oxygens (including phenoxy) is 1. The summed E-state index contributed by atoms with van der Waals surface area (Å²) < 4.78 is 5.75. The van der Waals surface area contributed by atoms with Gasteiger partial charge in [-0.05, 0) is 37.5 Å². The minimum Gasteiger partial charge on any atom is -0.494 e. The molecule has 4 heteroatoms. The molecule has 0 radical (unpaired) electrons. The van der Waals surface area contributed by atoms with E-state index in [1.807, 2.05) is 54.6 Å². The number of nitrogens with one attached hydrogen (secondary N) is 1. The summed E-state index contributed by atoms with van der Waals surface area (Å²) in [5.74, 6) is 1.09. The molecular weight excluding hydrogens is 324 g/mol. The monoisotopic (exact) mass is 346 g/mol. The van der Waals surface area contributed by atoms with Crippen molar-refractivity contribution in [1.82, 2.24) is 4.98 Å². The lowest BCUT2D eigenvalue weighted by atomic mass is 9.91. The van der Waals surface area contributed by atoms with E-state index in [9.17, 15) is 4.79 Å². The first kappa shape index (κ1) is 16.6. The summed E-state index contributed by atoms with van der Waals surface area (Å²) in [6, 6.07) is 17.9. The predicted octanol–water partition coefficient (Wildman–Crippen LogP) is 4.63. The summed E-state index contributed by atoms with van der Waals surface area (Å²) >= 11 is 0. The van der Waals surface area contributed by atoms with Crippen LogP contribution in [0, 0.1) is 0 Å². The summed E-state index contributed by atoms with van der Waals surface area (Å²) in [6.07, 6.45) is 3.23. The molecular formula is C22H22N2O2. The molecule has 4 nitrogen and oxygen atoms in total. The van der Waals surface area contributed by atoms with Crippen molar-refractivity contribution < 1.29 is 9.53 Å². The maximum absolute atomic E-state index is 12.5. The second-order valence-corrected chi connectivity index (χ2v) is 6.54. The third-order valence-electron chi connectivity index (χ3n) is 4.70. The number of rotatable bonds is 6. The van der Waals surface area contributed by atoms with E-state index in [0.717, 1.165) is 59.4 Å². The van der Waals surface area contributed by atoms with E-state index >= 15 is 0 Å². The van der Waals surface area contributed by atoms with E-state index in [0.29, 0.717) is 13.0 Å². The zero-order chi connectivity index (χ0) is 17.8. The summed E-state index contributed by atoms with van der Waals surface area (Å²) in [4.78, 5) is 17.2. The average Bonchev–Trinajstić information content (AvgIpc) is 2.68. The van der Waals surface area contributed by atoms with E-state index < -0.39 is 0 Å². The number of para-hydroxylation sites is 2. The molecule has 0 spiro atoms. The second kappa shape index (κ2) is 7.56. The largest absolute Gasteiger partial charge is 0.494 e. The van der Waals surface area contributed by atoms with Gasteiger partial charge in [-0.3, -0.25) is 9.78 Å². The van der Waals surface area contributed by atoms with E-state index in [2.05, 4.69) is 5.32 Å². The molecule has 0 saturated carbocycles. The lowest BCUT2D eigenvalue weighted by Gasteiger charge is -2.20. The van der Waals surface area contributed by atoms with Gasteiger partial charge in [-0.2, -0.15) is 0 Å². The zero-order valence-corrected chi connectivity index (χ0v) is 14.7. The summed E-state index contributed by atoms with van der Waals surface area (Å²) in [5.41, 5.74) is 3.61. The van der Waals surface area contributed by atoms with Crippen molar-refractivity contribution in [2.75, 3.05) is 18.5 Å². The predicted molar refractivity (Wildman–Crippen MR) is 104 cm³/mol. The van der Waals surface area contributed by atoms with E-state index in [-0.39, 0.29) is 5.78 Å². The van der Waals surface area contributed by atoms with Gasteiger partial charge in [-0.25, -0.2) is 0 Å². The number of aromatic nitrogens is 1. The Labute approximate surface area is 153 Å².